The van der Waals surface area contributed by atoms with Gasteiger partial charge in [0.25, 0.3) is 0 Å². The molecule has 0 saturated heterocycles. The van der Waals surface area contributed by atoms with E-state index in [1.165, 1.54) is 55.1 Å². The quantitative estimate of drug-likeness (QED) is 0.0707. The van der Waals surface area contributed by atoms with Crippen molar-refractivity contribution in [2.45, 2.75) is 0 Å². The van der Waals surface area contributed by atoms with Gasteiger partial charge < -0.3 is 4.57 Å². The number of aromatic nitrogens is 7. The Hall–Kier alpha value is -18.2. The molecule has 0 saturated carbocycles. The highest BCUT2D eigenvalue weighted by Crippen LogP contribution is 2.47. The van der Waals surface area contributed by atoms with E-state index in [1.54, 1.807) is 0 Å². The first kappa shape index (κ1) is 84.8. The molecule has 0 aliphatic carbocycles. The third-order valence-electron chi connectivity index (χ3n) is 26.7. The average molecular weight is 1810 g/mol. The summed E-state index contributed by atoms with van der Waals surface area (Å²) in [5.74, 6) is 1.87. The fourth-order valence-electron chi connectivity index (χ4n) is 20.1. The smallest absolute Gasteiger partial charge is 0.171 e. The van der Waals surface area contributed by atoms with E-state index < -0.39 is 7.14 Å². The van der Waals surface area contributed by atoms with E-state index in [1.807, 2.05) is 103 Å². The molecule has 5 heterocycles. The number of rotatable bonds is 16. The molecule has 21 aromatic carbocycles. The number of fused-ring (bicyclic) bond motifs is 11. The third kappa shape index (κ3) is 16.0. The fourth-order valence-corrected chi connectivity index (χ4v) is 22.8. The van der Waals surface area contributed by atoms with Gasteiger partial charge in [-0.2, -0.15) is 0 Å². The highest BCUT2D eigenvalue weighted by Gasteiger charge is 2.30. The van der Waals surface area contributed by atoms with Gasteiger partial charge in [0, 0.05) is 104 Å². The summed E-state index contributed by atoms with van der Waals surface area (Å²) in [6.07, 6.45) is 0. The van der Waals surface area contributed by atoms with E-state index in [9.17, 15) is 4.57 Å². The summed E-state index contributed by atoms with van der Waals surface area (Å²) in [6, 6.07) is 186. The number of hydrogen-bond donors (Lipinski definition) is 0. The summed E-state index contributed by atoms with van der Waals surface area (Å²) in [4.78, 5) is 25.5. The molecule has 0 bridgehead atoms. The van der Waals surface area contributed by atoms with Gasteiger partial charge in [-0.3, -0.25) is 9.13 Å². The van der Waals surface area contributed by atoms with Crippen LogP contribution in [0.15, 0.2) is 534 Å². The van der Waals surface area contributed by atoms with Gasteiger partial charge in [0.05, 0.1) is 55.7 Å². The minimum absolute atomic E-state index is 0.825. The van der Waals surface area contributed by atoms with Crippen LogP contribution in [0.4, 0.5) is 0 Å². The number of nitrogens with zero attached hydrogens (tertiary/aromatic N) is 7. The normalized spacial score (nSPS) is 11.5. The van der Waals surface area contributed by atoms with Gasteiger partial charge in [0.15, 0.2) is 7.14 Å². The van der Waals surface area contributed by atoms with Crippen LogP contribution in [-0.2, 0) is 4.57 Å². The summed E-state index contributed by atoms with van der Waals surface area (Å²) < 4.78 is 19.4. The SMILES string of the molecule is O=P(c1ccccc1)(c1ccccc1)c1ccc(-c2cccc(-c3cccc4c(-c5ccccc5)nc5ccccc5c34)c2)cc1.c1ccc(-c2nc3ccccc3c3c(-c4cccc(-c5ccc(-c6nc7ccccc7n6-c6ccccc6)cc5)c4)cccc23)cc1.c1ccc(-c2nc3ccccc3c3c(-c4cccc(-c5ccc(-n6c(-c7ccccc7)nc7ccccc76)cc5)c4)cccc23)cc1. The standard InChI is InChI=1S/2C44H29N3.C43H30NOP/c1-3-13-31(14-4-1)43-38-21-12-20-36(42(38)37-19-7-8-22-39(37)45-43)34-16-11-15-33(29-34)30-25-27-32(28-26-30)44-46-40-23-9-10-24-41(40)47(44)35-17-5-2-6-18-35;1-3-13-31(14-4-1)43-38-21-12-20-36(42(38)37-19-7-8-22-39(37)45-43)34-18-11-17-33(29-34)30-25-27-35(28-26-30)47-41-24-10-9-23-40(41)46-44(47)32-15-5-2-6-16-32;45-46(35-18-6-2-7-19-35,36-20-8-3-9-21-36)37-28-26-31(27-29-37)33-16-12-17-34(30-33)38-23-13-24-40-42(38)39-22-10-11-25-41(39)44-43(40)32-14-4-1-5-15-32/h2*1-29H;1-30H. The van der Waals surface area contributed by atoms with Crippen LogP contribution in [0.5, 0.6) is 0 Å². The van der Waals surface area contributed by atoms with Gasteiger partial charge in [-0.25, -0.2) is 24.9 Å². The molecule has 0 aliphatic heterocycles. The lowest BCUT2D eigenvalue weighted by molar-refractivity contribution is 0.592. The molecule has 0 radical (unpaired) electrons. The Morgan fingerprint density at radius 1 is 0.164 bits per heavy atom. The Bertz CT molecular complexity index is 9110. The number of imidazole rings is 2. The minimum atomic E-state index is -3.03. The maximum absolute atomic E-state index is 14.9. The molecule has 5 aromatic heterocycles. The van der Waals surface area contributed by atoms with Crippen LogP contribution in [0.3, 0.4) is 0 Å². The molecule has 658 valence electrons. The van der Waals surface area contributed by atoms with Gasteiger partial charge in [0.2, 0.25) is 0 Å². The van der Waals surface area contributed by atoms with Crippen LogP contribution in [0.25, 0.3) is 222 Å². The maximum atomic E-state index is 14.9. The van der Waals surface area contributed by atoms with Crippen LogP contribution in [0, 0.1) is 0 Å². The van der Waals surface area contributed by atoms with Crippen molar-refractivity contribution in [1.29, 1.82) is 0 Å². The lowest BCUT2D eigenvalue weighted by Gasteiger charge is -2.20. The first-order valence-electron chi connectivity index (χ1n) is 47.4. The minimum Gasteiger partial charge on any atom is -0.309 e. The molecular weight excluding hydrogens is 1720 g/mol. The molecule has 8 nitrogen and oxygen atoms in total. The topological polar surface area (TPSA) is 91.4 Å². The zero-order valence-electron chi connectivity index (χ0n) is 76.3. The van der Waals surface area contributed by atoms with Gasteiger partial charge in [-0.15, -0.1) is 0 Å². The highest BCUT2D eigenvalue weighted by atomic mass is 31.2. The van der Waals surface area contributed by atoms with E-state index in [2.05, 4.69) is 440 Å². The second-order valence-corrected chi connectivity index (χ2v) is 37.9. The van der Waals surface area contributed by atoms with Crippen LogP contribution in [0.1, 0.15) is 0 Å². The summed E-state index contributed by atoms with van der Waals surface area (Å²) in [7, 11) is -3.03. The highest BCUT2D eigenvalue weighted by molar-refractivity contribution is 7.85. The molecule has 0 atom stereocenters. The predicted molar refractivity (Wildman–Crippen MR) is 586 cm³/mol. The second-order valence-electron chi connectivity index (χ2n) is 35.1. The summed E-state index contributed by atoms with van der Waals surface area (Å²) >= 11 is 0. The number of benzene rings is 21. The van der Waals surface area contributed by atoms with Crippen molar-refractivity contribution in [3.8, 4) is 135 Å². The van der Waals surface area contributed by atoms with Crippen molar-refractivity contribution in [2.24, 2.45) is 0 Å². The van der Waals surface area contributed by atoms with Crippen molar-refractivity contribution in [2.75, 3.05) is 0 Å². The second kappa shape index (κ2) is 37.2. The molecule has 0 aliphatic rings. The van der Waals surface area contributed by atoms with Gasteiger partial charge in [-0.1, -0.05) is 449 Å². The average Bonchev–Trinajstić information content (AvgIpc) is 0.886. The van der Waals surface area contributed by atoms with E-state index >= 15 is 0 Å². The lowest BCUT2D eigenvalue weighted by atomic mass is 9.91. The van der Waals surface area contributed by atoms with Crippen molar-refractivity contribution >= 4 is 110 Å². The molecule has 26 rings (SSSR count). The molecule has 0 amide bonds. The Morgan fingerprint density at radius 3 is 0.771 bits per heavy atom. The zero-order valence-corrected chi connectivity index (χ0v) is 77.2. The van der Waals surface area contributed by atoms with Gasteiger partial charge in [0.1, 0.15) is 11.6 Å². The zero-order chi connectivity index (χ0) is 93.2. The van der Waals surface area contributed by atoms with Gasteiger partial charge >= 0.3 is 0 Å². The summed E-state index contributed by atoms with van der Waals surface area (Å²) in [5, 5.41) is 13.1. The Labute approximate surface area is 811 Å². The Balaban J connectivity index is 0.000000114. The molecular formula is C131H88N7OP. The van der Waals surface area contributed by atoms with Crippen molar-refractivity contribution in [3.63, 3.8) is 0 Å². The first-order chi connectivity index (χ1) is 69.3. The molecule has 140 heavy (non-hydrogen) atoms. The first-order valence-corrected chi connectivity index (χ1v) is 49.1. The van der Waals surface area contributed by atoms with Crippen molar-refractivity contribution < 1.29 is 4.57 Å². The van der Waals surface area contributed by atoms with Crippen molar-refractivity contribution in [1.82, 2.24) is 34.1 Å². The Morgan fingerprint density at radius 2 is 0.407 bits per heavy atom. The molecule has 9 heteroatoms. The Kier molecular flexibility index (Phi) is 22.5. The monoisotopic (exact) mass is 1810 g/mol. The number of pyridine rings is 3. The van der Waals surface area contributed by atoms with E-state index in [-0.39, 0.29) is 0 Å². The lowest BCUT2D eigenvalue weighted by Crippen LogP contribution is -2.24. The predicted octanol–water partition coefficient (Wildman–Crippen LogP) is 32.8. The van der Waals surface area contributed by atoms with Crippen molar-refractivity contribution in [3.05, 3.63) is 534 Å². The van der Waals surface area contributed by atoms with Crippen LogP contribution in [0.2, 0.25) is 0 Å². The van der Waals surface area contributed by atoms with Crippen LogP contribution >= 0.6 is 7.14 Å². The molecule has 0 fully saturated rings. The number of para-hydroxylation sites is 8. The van der Waals surface area contributed by atoms with Crippen LogP contribution < -0.4 is 15.9 Å². The summed E-state index contributed by atoms with van der Waals surface area (Å²) in [6.45, 7) is 0. The molecule has 26 aromatic rings. The third-order valence-corrected chi connectivity index (χ3v) is 29.8. The molecule has 0 spiro atoms. The maximum Gasteiger partial charge on any atom is 0.171 e. The molecule has 0 unspecified atom stereocenters. The van der Waals surface area contributed by atoms with E-state index in [4.69, 9.17) is 24.9 Å². The van der Waals surface area contributed by atoms with Gasteiger partial charge in [-0.05, 0) is 152 Å². The van der Waals surface area contributed by atoms with E-state index in [0.29, 0.717) is 0 Å². The molecule has 0 N–H and O–H groups in total. The number of hydrogen-bond acceptors (Lipinski definition) is 6. The largest absolute Gasteiger partial charge is 0.309 e. The fraction of sp³-hybridized carbons (Fsp3) is 0. The van der Waals surface area contributed by atoms with E-state index in [0.717, 1.165) is 183 Å². The van der Waals surface area contributed by atoms with Crippen LogP contribution in [-0.4, -0.2) is 34.1 Å². The summed E-state index contributed by atoms with van der Waals surface area (Å²) in [5.41, 5.74) is 31.8.